The molecule has 1 heterocycles. The lowest BCUT2D eigenvalue weighted by Gasteiger charge is -2.40. The number of hydrogen-bond acceptors (Lipinski definition) is 3. The molecule has 10 aromatic rings. The fourth-order valence-corrected chi connectivity index (χ4v) is 10.1. The monoisotopic (exact) mass is 818 g/mol. The highest BCUT2D eigenvalue weighted by Gasteiger charge is 2.51. The van der Waals surface area contributed by atoms with E-state index in [1.807, 2.05) is 0 Å². The van der Waals surface area contributed by atoms with E-state index in [-0.39, 0.29) is 0 Å². The summed E-state index contributed by atoms with van der Waals surface area (Å²) in [5, 5.41) is 0. The number of nitrogens with zero attached hydrogens (tertiary/aromatic N) is 2. The van der Waals surface area contributed by atoms with Crippen LogP contribution in [0.15, 0.2) is 255 Å². The highest BCUT2D eigenvalue weighted by atomic mass is 16.5. The molecule has 1 spiro atoms. The van der Waals surface area contributed by atoms with E-state index < -0.39 is 5.41 Å². The van der Waals surface area contributed by atoms with Crippen LogP contribution in [0, 0.1) is 0 Å². The molecule has 0 amide bonds. The van der Waals surface area contributed by atoms with Crippen molar-refractivity contribution in [2.24, 2.45) is 0 Å². The van der Waals surface area contributed by atoms with Gasteiger partial charge in [0.2, 0.25) is 0 Å². The summed E-state index contributed by atoms with van der Waals surface area (Å²) in [6.45, 7) is 0. The van der Waals surface area contributed by atoms with Gasteiger partial charge in [-0.2, -0.15) is 0 Å². The van der Waals surface area contributed by atoms with Gasteiger partial charge in [-0.1, -0.05) is 182 Å². The zero-order valence-corrected chi connectivity index (χ0v) is 35.1. The predicted molar refractivity (Wildman–Crippen MR) is 264 cm³/mol. The van der Waals surface area contributed by atoms with Crippen LogP contribution in [-0.2, 0) is 5.41 Å². The number of benzene rings is 10. The number of ether oxygens (including phenoxy) is 1. The SMILES string of the molecule is c1ccc(-c2ccc(N(c3ccccc3)c3ccc4c(c3)Oc3cc(N(c5ccccc5)c5cccc(-c6ccccc6)c5)ccc3C43c4ccccc4-c4ccccc43)cc2)cc1. The third-order valence-corrected chi connectivity index (χ3v) is 12.9. The summed E-state index contributed by atoms with van der Waals surface area (Å²) in [5.74, 6) is 1.65. The topological polar surface area (TPSA) is 15.7 Å². The largest absolute Gasteiger partial charge is 0.457 e. The molecule has 10 aromatic carbocycles. The Morgan fingerprint density at radius 3 is 1.14 bits per heavy atom. The molecule has 2 aliphatic rings. The molecule has 12 rings (SSSR count). The minimum atomic E-state index is -0.618. The summed E-state index contributed by atoms with van der Waals surface area (Å²) in [5.41, 5.74) is 17.6. The second kappa shape index (κ2) is 15.5. The van der Waals surface area contributed by atoms with Gasteiger partial charge in [-0.15, -0.1) is 0 Å². The average molecular weight is 819 g/mol. The summed E-state index contributed by atoms with van der Waals surface area (Å²) in [6.07, 6.45) is 0. The van der Waals surface area contributed by atoms with Crippen LogP contribution in [0.4, 0.5) is 34.1 Å². The smallest absolute Gasteiger partial charge is 0.134 e. The molecule has 3 heteroatoms. The van der Waals surface area contributed by atoms with E-state index in [1.54, 1.807) is 0 Å². The van der Waals surface area contributed by atoms with Crippen molar-refractivity contribution in [1.29, 1.82) is 0 Å². The van der Waals surface area contributed by atoms with Gasteiger partial charge in [0, 0.05) is 57.4 Å². The number of rotatable bonds is 8. The predicted octanol–water partition coefficient (Wildman–Crippen LogP) is 16.4. The van der Waals surface area contributed by atoms with Crippen molar-refractivity contribution in [2.45, 2.75) is 5.41 Å². The fourth-order valence-electron chi connectivity index (χ4n) is 10.1. The molecule has 0 fully saturated rings. The Morgan fingerprint density at radius 1 is 0.250 bits per heavy atom. The zero-order valence-electron chi connectivity index (χ0n) is 35.1. The Labute approximate surface area is 374 Å². The third-order valence-electron chi connectivity index (χ3n) is 12.9. The maximum Gasteiger partial charge on any atom is 0.134 e. The number of hydrogen-bond donors (Lipinski definition) is 0. The van der Waals surface area contributed by atoms with Crippen molar-refractivity contribution in [1.82, 2.24) is 0 Å². The summed E-state index contributed by atoms with van der Waals surface area (Å²) >= 11 is 0. The summed E-state index contributed by atoms with van der Waals surface area (Å²) in [7, 11) is 0. The average Bonchev–Trinajstić information content (AvgIpc) is 3.66. The molecule has 1 aliphatic heterocycles. The van der Waals surface area contributed by atoms with Gasteiger partial charge in [0.1, 0.15) is 11.5 Å². The second-order valence-corrected chi connectivity index (χ2v) is 16.5. The van der Waals surface area contributed by atoms with Gasteiger partial charge in [0.25, 0.3) is 0 Å². The van der Waals surface area contributed by atoms with E-state index in [1.165, 1.54) is 38.9 Å². The lowest BCUT2D eigenvalue weighted by molar-refractivity contribution is 0.436. The zero-order chi connectivity index (χ0) is 42.5. The Morgan fingerprint density at radius 2 is 0.609 bits per heavy atom. The van der Waals surface area contributed by atoms with Crippen molar-refractivity contribution in [3.8, 4) is 44.9 Å². The van der Waals surface area contributed by atoms with Crippen LogP contribution in [0.1, 0.15) is 22.3 Å². The normalized spacial score (nSPS) is 12.6. The first-order valence-electron chi connectivity index (χ1n) is 21.9. The molecule has 0 N–H and O–H groups in total. The van der Waals surface area contributed by atoms with Gasteiger partial charge in [-0.05, 0) is 105 Å². The molecule has 0 aromatic heterocycles. The van der Waals surface area contributed by atoms with Crippen LogP contribution in [0.3, 0.4) is 0 Å². The molecule has 1 aliphatic carbocycles. The lowest BCUT2D eigenvalue weighted by atomic mass is 9.66. The van der Waals surface area contributed by atoms with E-state index in [0.29, 0.717) is 0 Å². The van der Waals surface area contributed by atoms with Gasteiger partial charge in [0.15, 0.2) is 0 Å². The molecule has 0 saturated heterocycles. The van der Waals surface area contributed by atoms with Crippen LogP contribution in [0.5, 0.6) is 11.5 Å². The van der Waals surface area contributed by atoms with E-state index in [0.717, 1.165) is 62.3 Å². The van der Waals surface area contributed by atoms with Gasteiger partial charge in [-0.25, -0.2) is 0 Å². The van der Waals surface area contributed by atoms with Crippen molar-refractivity contribution < 1.29 is 4.74 Å². The number of fused-ring (bicyclic) bond motifs is 9. The van der Waals surface area contributed by atoms with Gasteiger partial charge in [0.05, 0.1) is 5.41 Å². The Kier molecular flexibility index (Phi) is 9.05. The van der Waals surface area contributed by atoms with E-state index in [4.69, 9.17) is 4.74 Å². The van der Waals surface area contributed by atoms with Gasteiger partial charge in [-0.3, -0.25) is 0 Å². The Bertz CT molecular complexity index is 3250. The molecule has 0 atom stereocenters. The molecule has 64 heavy (non-hydrogen) atoms. The first-order chi connectivity index (χ1) is 31.7. The van der Waals surface area contributed by atoms with Crippen molar-refractivity contribution in [3.63, 3.8) is 0 Å². The Balaban J connectivity index is 1.05. The first kappa shape index (κ1) is 37.4. The number of para-hydroxylation sites is 2. The second-order valence-electron chi connectivity index (χ2n) is 16.5. The van der Waals surface area contributed by atoms with Gasteiger partial charge < -0.3 is 14.5 Å². The maximum absolute atomic E-state index is 7.34. The maximum atomic E-state index is 7.34. The van der Waals surface area contributed by atoms with E-state index in [9.17, 15) is 0 Å². The van der Waals surface area contributed by atoms with Crippen LogP contribution in [-0.4, -0.2) is 0 Å². The van der Waals surface area contributed by atoms with E-state index in [2.05, 4.69) is 265 Å². The first-order valence-corrected chi connectivity index (χ1v) is 21.9. The van der Waals surface area contributed by atoms with Crippen molar-refractivity contribution >= 4 is 34.1 Å². The molecule has 0 radical (unpaired) electrons. The minimum Gasteiger partial charge on any atom is -0.457 e. The molecule has 0 bridgehead atoms. The highest BCUT2D eigenvalue weighted by molar-refractivity contribution is 5.91. The van der Waals surface area contributed by atoms with Crippen LogP contribution in [0.2, 0.25) is 0 Å². The van der Waals surface area contributed by atoms with Crippen LogP contribution < -0.4 is 14.5 Å². The van der Waals surface area contributed by atoms with Crippen LogP contribution in [0.25, 0.3) is 33.4 Å². The van der Waals surface area contributed by atoms with Gasteiger partial charge >= 0.3 is 0 Å². The standard InChI is InChI=1S/C61H42N2O/c1-5-18-43(19-6-1)45-32-34-49(35-33-45)62(47-23-9-3-10-24-47)51-36-38-57-59(41-51)64-60-42-52(37-39-58(60)61(57)55-30-15-13-28-53(55)54-29-14-16-31-56(54)61)63(48-25-11-4-12-26-48)50-27-17-22-46(40-50)44-20-7-2-8-21-44/h1-42H. The Hall–Kier alpha value is -8.40. The minimum absolute atomic E-state index is 0.618. The number of anilines is 6. The third kappa shape index (κ3) is 6.13. The highest BCUT2D eigenvalue weighted by Crippen LogP contribution is 2.63. The van der Waals surface area contributed by atoms with E-state index >= 15 is 0 Å². The summed E-state index contributed by atoms with van der Waals surface area (Å²) < 4.78 is 7.34. The lowest BCUT2D eigenvalue weighted by Crippen LogP contribution is -2.32. The molecule has 0 unspecified atom stereocenters. The van der Waals surface area contributed by atoms with Crippen molar-refractivity contribution in [2.75, 3.05) is 9.80 Å². The molecule has 3 nitrogen and oxygen atoms in total. The fraction of sp³-hybridized carbons (Fsp3) is 0.0164. The summed E-state index contributed by atoms with van der Waals surface area (Å²) in [6, 6.07) is 91.5. The van der Waals surface area contributed by atoms with Crippen LogP contribution >= 0.6 is 0 Å². The summed E-state index contributed by atoms with van der Waals surface area (Å²) in [4.78, 5) is 4.66. The molecule has 0 saturated carbocycles. The van der Waals surface area contributed by atoms with Crippen molar-refractivity contribution in [3.05, 3.63) is 277 Å². The molecular formula is C61H42N2O. The molecular weight excluding hydrogens is 777 g/mol. The molecule has 302 valence electrons. The quantitative estimate of drug-likeness (QED) is 0.152.